The van der Waals surface area contributed by atoms with Gasteiger partial charge in [0.15, 0.2) is 5.65 Å². The number of anilines is 1. The van der Waals surface area contributed by atoms with Crippen molar-refractivity contribution in [2.24, 2.45) is 5.92 Å². The Morgan fingerprint density at radius 1 is 1.30 bits per heavy atom. The van der Waals surface area contributed by atoms with Gasteiger partial charge in [-0.15, -0.1) is 0 Å². The maximum Gasteiger partial charge on any atom is 0.220 e. The van der Waals surface area contributed by atoms with Gasteiger partial charge in [-0.2, -0.15) is 9.61 Å². The average molecular weight is 430 g/mol. The van der Waals surface area contributed by atoms with Crippen LogP contribution in [0.5, 0.6) is 5.75 Å². The Labute approximate surface area is 164 Å². The number of para-hydroxylation sites is 1. The van der Waals surface area contributed by atoms with Crippen molar-refractivity contribution in [3.63, 3.8) is 0 Å². The number of carbonyl (C=O) groups is 1. The number of halogens is 1. The molecule has 1 aliphatic carbocycles. The van der Waals surface area contributed by atoms with Gasteiger partial charge in [0.2, 0.25) is 5.91 Å². The summed E-state index contributed by atoms with van der Waals surface area (Å²) in [7, 11) is 0. The number of carbonyl (C=O) groups excluding carboxylic acids is 1. The molecular weight excluding hydrogens is 410 g/mol. The third-order valence-electron chi connectivity index (χ3n) is 4.53. The highest BCUT2D eigenvalue weighted by atomic mass is 79.9. The molecule has 27 heavy (non-hydrogen) atoms. The highest BCUT2D eigenvalue weighted by molar-refractivity contribution is 9.10. The van der Waals surface area contributed by atoms with E-state index in [1.54, 1.807) is 22.8 Å². The monoisotopic (exact) mass is 429 g/mol. The standard InChI is InChI=1S/C19H20BrN5O2/c20-14-11-23-25-17(21-7-8-22-18(27)9-12-5-6-12)10-15(24-19(14)25)13-3-1-2-4-16(13)26/h1-4,10-12,21,26H,5-9H2,(H,22,27). The fraction of sp³-hybridized carbons (Fsp3) is 0.316. The van der Waals surface area contributed by atoms with E-state index < -0.39 is 0 Å². The van der Waals surface area contributed by atoms with E-state index in [0.717, 1.165) is 10.3 Å². The fourth-order valence-electron chi connectivity index (χ4n) is 2.94. The quantitative estimate of drug-likeness (QED) is 0.501. The molecule has 8 heteroatoms. The number of hydrogen-bond acceptors (Lipinski definition) is 5. The van der Waals surface area contributed by atoms with Crippen LogP contribution in [0.15, 0.2) is 41.0 Å². The minimum absolute atomic E-state index is 0.107. The summed E-state index contributed by atoms with van der Waals surface area (Å²) in [5, 5.41) is 20.7. The molecule has 1 aromatic carbocycles. The second-order valence-corrected chi connectivity index (χ2v) is 7.55. The second kappa shape index (κ2) is 7.56. The van der Waals surface area contributed by atoms with E-state index >= 15 is 0 Å². The average Bonchev–Trinajstić information content (AvgIpc) is 3.40. The van der Waals surface area contributed by atoms with Gasteiger partial charge in [0, 0.05) is 31.1 Å². The van der Waals surface area contributed by atoms with Crippen molar-refractivity contribution in [1.82, 2.24) is 19.9 Å². The van der Waals surface area contributed by atoms with Crippen LogP contribution >= 0.6 is 15.9 Å². The lowest BCUT2D eigenvalue weighted by atomic mass is 10.1. The predicted octanol–water partition coefficient (Wildman–Crippen LogP) is 3.19. The number of fused-ring (bicyclic) bond motifs is 1. The molecule has 3 N–H and O–H groups in total. The van der Waals surface area contributed by atoms with Crippen molar-refractivity contribution in [1.29, 1.82) is 0 Å². The summed E-state index contributed by atoms with van der Waals surface area (Å²) in [5.41, 5.74) is 1.94. The van der Waals surface area contributed by atoms with Crippen LogP contribution in [0.3, 0.4) is 0 Å². The largest absolute Gasteiger partial charge is 0.507 e. The minimum Gasteiger partial charge on any atom is -0.507 e. The van der Waals surface area contributed by atoms with E-state index in [-0.39, 0.29) is 11.7 Å². The summed E-state index contributed by atoms with van der Waals surface area (Å²) >= 11 is 3.46. The van der Waals surface area contributed by atoms with Crippen molar-refractivity contribution in [3.05, 3.63) is 41.0 Å². The van der Waals surface area contributed by atoms with Crippen LogP contribution in [0.4, 0.5) is 5.82 Å². The zero-order valence-corrected chi connectivity index (χ0v) is 16.2. The number of aromatic nitrogens is 3. The first-order chi connectivity index (χ1) is 13.1. The van der Waals surface area contributed by atoms with Crippen LogP contribution in [0.2, 0.25) is 0 Å². The summed E-state index contributed by atoms with van der Waals surface area (Å²) < 4.78 is 2.46. The van der Waals surface area contributed by atoms with Gasteiger partial charge in [0.1, 0.15) is 11.6 Å². The van der Waals surface area contributed by atoms with Crippen LogP contribution in [0.1, 0.15) is 19.3 Å². The van der Waals surface area contributed by atoms with E-state index in [0.29, 0.717) is 42.3 Å². The number of phenolic OH excluding ortho intramolecular Hbond substituents is 1. The van der Waals surface area contributed by atoms with Gasteiger partial charge in [-0.25, -0.2) is 4.98 Å². The molecule has 0 radical (unpaired) electrons. The first-order valence-electron chi connectivity index (χ1n) is 8.95. The van der Waals surface area contributed by atoms with Gasteiger partial charge in [0.05, 0.1) is 16.4 Å². The number of nitrogens with zero attached hydrogens (tertiary/aromatic N) is 3. The van der Waals surface area contributed by atoms with Crippen LogP contribution in [0.25, 0.3) is 16.9 Å². The molecule has 1 saturated carbocycles. The van der Waals surface area contributed by atoms with Crippen LogP contribution in [0, 0.1) is 5.92 Å². The van der Waals surface area contributed by atoms with E-state index in [9.17, 15) is 9.90 Å². The topological polar surface area (TPSA) is 91.5 Å². The maximum absolute atomic E-state index is 11.8. The summed E-state index contributed by atoms with van der Waals surface area (Å²) in [6.45, 7) is 1.09. The van der Waals surface area contributed by atoms with Crippen molar-refractivity contribution >= 4 is 33.3 Å². The van der Waals surface area contributed by atoms with Gasteiger partial charge in [-0.05, 0) is 46.8 Å². The Morgan fingerprint density at radius 2 is 2.11 bits per heavy atom. The number of amides is 1. The van der Waals surface area contributed by atoms with Crippen molar-refractivity contribution in [2.45, 2.75) is 19.3 Å². The summed E-state index contributed by atoms with van der Waals surface area (Å²) in [6, 6.07) is 8.92. The van der Waals surface area contributed by atoms with Gasteiger partial charge in [-0.1, -0.05) is 12.1 Å². The van der Waals surface area contributed by atoms with E-state index in [4.69, 9.17) is 0 Å². The Bertz CT molecular complexity index is 983. The van der Waals surface area contributed by atoms with Crippen molar-refractivity contribution in [2.75, 3.05) is 18.4 Å². The van der Waals surface area contributed by atoms with Gasteiger partial charge >= 0.3 is 0 Å². The molecule has 0 spiro atoms. The highest BCUT2D eigenvalue weighted by Gasteiger charge is 2.24. The first-order valence-corrected chi connectivity index (χ1v) is 9.74. The summed E-state index contributed by atoms with van der Waals surface area (Å²) in [5.74, 6) is 1.60. The molecule has 1 aliphatic rings. The maximum atomic E-state index is 11.8. The number of aromatic hydroxyl groups is 1. The predicted molar refractivity (Wildman–Crippen MR) is 107 cm³/mol. The number of hydrogen-bond donors (Lipinski definition) is 3. The van der Waals surface area contributed by atoms with Gasteiger partial charge in [-0.3, -0.25) is 4.79 Å². The molecule has 0 atom stereocenters. The Morgan fingerprint density at radius 3 is 2.89 bits per heavy atom. The number of benzene rings is 1. The lowest BCUT2D eigenvalue weighted by Crippen LogP contribution is -2.29. The molecule has 0 bridgehead atoms. The molecular formula is C19H20BrN5O2. The minimum atomic E-state index is 0.107. The number of rotatable bonds is 7. The van der Waals surface area contributed by atoms with Gasteiger partial charge in [0.25, 0.3) is 0 Å². The van der Waals surface area contributed by atoms with Crippen molar-refractivity contribution in [3.8, 4) is 17.0 Å². The van der Waals surface area contributed by atoms with Crippen LogP contribution in [-0.2, 0) is 4.79 Å². The van der Waals surface area contributed by atoms with Crippen LogP contribution in [-0.4, -0.2) is 38.7 Å². The first kappa shape index (κ1) is 17.8. The lowest BCUT2D eigenvalue weighted by Gasteiger charge is -2.12. The molecule has 7 nitrogen and oxygen atoms in total. The molecule has 2 heterocycles. The third-order valence-corrected chi connectivity index (χ3v) is 5.09. The normalized spacial score (nSPS) is 13.7. The Hall–Kier alpha value is -2.61. The SMILES string of the molecule is O=C(CC1CC1)NCCNc1cc(-c2ccccc2O)nc2c(Br)cnn12. The zero-order valence-electron chi connectivity index (χ0n) is 14.7. The number of nitrogens with one attached hydrogen (secondary N) is 2. The lowest BCUT2D eigenvalue weighted by molar-refractivity contribution is -0.121. The van der Waals surface area contributed by atoms with E-state index in [1.807, 2.05) is 18.2 Å². The summed E-state index contributed by atoms with van der Waals surface area (Å²) in [6.07, 6.45) is 4.65. The Balaban J connectivity index is 1.52. The Kier molecular flexibility index (Phi) is 4.98. The summed E-state index contributed by atoms with van der Waals surface area (Å²) in [4.78, 5) is 16.4. The van der Waals surface area contributed by atoms with Crippen LogP contribution < -0.4 is 10.6 Å². The van der Waals surface area contributed by atoms with E-state index in [2.05, 4.69) is 36.6 Å². The molecule has 4 rings (SSSR count). The molecule has 1 amide bonds. The molecule has 2 aromatic heterocycles. The molecule has 0 unspecified atom stereocenters. The molecule has 0 saturated heterocycles. The van der Waals surface area contributed by atoms with Crippen molar-refractivity contribution < 1.29 is 9.90 Å². The van der Waals surface area contributed by atoms with E-state index in [1.165, 1.54) is 12.8 Å². The highest BCUT2D eigenvalue weighted by Crippen LogP contribution is 2.32. The molecule has 140 valence electrons. The molecule has 1 fully saturated rings. The third kappa shape index (κ3) is 4.05. The zero-order chi connectivity index (χ0) is 18.8. The number of phenols is 1. The smallest absolute Gasteiger partial charge is 0.220 e. The molecule has 3 aromatic rings. The fourth-order valence-corrected chi connectivity index (χ4v) is 3.29. The second-order valence-electron chi connectivity index (χ2n) is 6.70. The van der Waals surface area contributed by atoms with Gasteiger partial charge < -0.3 is 15.7 Å². The molecule has 0 aliphatic heterocycles.